The third-order valence-electron chi connectivity index (χ3n) is 2.92. The molecule has 19 heavy (non-hydrogen) atoms. The van der Waals surface area contributed by atoms with E-state index >= 15 is 0 Å². The summed E-state index contributed by atoms with van der Waals surface area (Å²) >= 11 is 3.52. The number of carbonyl (C=O) groups excluding carboxylic acids is 2. The van der Waals surface area contributed by atoms with Crippen LogP contribution in [0.25, 0.3) is 0 Å². The lowest BCUT2D eigenvalue weighted by Crippen LogP contribution is -2.51. The first-order valence-electron chi connectivity index (χ1n) is 6.17. The Morgan fingerprint density at radius 1 is 1.32 bits per heavy atom. The first-order valence-corrected chi connectivity index (χ1v) is 6.96. The summed E-state index contributed by atoms with van der Waals surface area (Å²) in [6.45, 7) is 4.18. The van der Waals surface area contributed by atoms with E-state index in [2.05, 4.69) is 33.5 Å². The largest absolute Gasteiger partial charge is 0.353 e. The van der Waals surface area contributed by atoms with Crippen molar-refractivity contribution < 1.29 is 9.59 Å². The molecular formula is C13H16BrN3O2. The standard InChI is InChI=1S/C13H16BrN3O2/c1-2-15-6-9-3-4-10(5-11(9)14)17-7-12(18)16-13(19)8-17/h3-5,15H,2,6-8H2,1H3,(H,16,18,19). The van der Waals surface area contributed by atoms with Crippen molar-refractivity contribution in [2.75, 3.05) is 24.5 Å². The van der Waals surface area contributed by atoms with Gasteiger partial charge in [0, 0.05) is 16.7 Å². The molecule has 6 heteroatoms. The molecule has 1 fully saturated rings. The summed E-state index contributed by atoms with van der Waals surface area (Å²) in [6, 6.07) is 5.88. The van der Waals surface area contributed by atoms with E-state index in [-0.39, 0.29) is 24.9 Å². The van der Waals surface area contributed by atoms with Gasteiger partial charge in [-0.05, 0) is 24.2 Å². The molecule has 1 aliphatic rings. The van der Waals surface area contributed by atoms with Gasteiger partial charge in [0.05, 0.1) is 13.1 Å². The number of amides is 2. The first kappa shape index (κ1) is 14.0. The number of carbonyl (C=O) groups is 2. The number of benzene rings is 1. The summed E-state index contributed by atoms with van der Waals surface area (Å²) in [5.74, 6) is -0.520. The second-order valence-corrected chi connectivity index (χ2v) is 5.24. The molecule has 102 valence electrons. The Labute approximate surface area is 120 Å². The highest BCUT2D eigenvalue weighted by Crippen LogP contribution is 2.24. The summed E-state index contributed by atoms with van der Waals surface area (Å²) in [7, 11) is 0. The van der Waals surface area contributed by atoms with E-state index in [9.17, 15) is 9.59 Å². The minimum atomic E-state index is -0.260. The van der Waals surface area contributed by atoms with Gasteiger partial charge in [0.1, 0.15) is 0 Å². The molecule has 1 aromatic carbocycles. The molecule has 2 N–H and O–H groups in total. The van der Waals surface area contributed by atoms with Gasteiger partial charge in [0.15, 0.2) is 0 Å². The van der Waals surface area contributed by atoms with Crippen molar-refractivity contribution in [3.8, 4) is 0 Å². The average Bonchev–Trinajstić information content (AvgIpc) is 2.36. The molecule has 1 saturated heterocycles. The number of hydrogen-bond acceptors (Lipinski definition) is 4. The molecule has 1 aromatic rings. The maximum Gasteiger partial charge on any atom is 0.246 e. The van der Waals surface area contributed by atoms with Crippen molar-refractivity contribution in [2.45, 2.75) is 13.5 Å². The number of anilines is 1. The van der Waals surface area contributed by atoms with Crippen LogP contribution in [0.5, 0.6) is 0 Å². The quantitative estimate of drug-likeness (QED) is 0.811. The Kier molecular flexibility index (Phi) is 4.55. The SMILES string of the molecule is CCNCc1ccc(N2CC(=O)NC(=O)C2)cc1Br. The van der Waals surface area contributed by atoms with Crippen LogP contribution in [0.15, 0.2) is 22.7 Å². The number of piperazine rings is 1. The van der Waals surface area contributed by atoms with Gasteiger partial charge in [-0.2, -0.15) is 0 Å². The number of hydrogen-bond donors (Lipinski definition) is 2. The normalized spacial score (nSPS) is 15.6. The Morgan fingerprint density at radius 3 is 2.58 bits per heavy atom. The fraction of sp³-hybridized carbons (Fsp3) is 0.385. The van der Waals surface area contributed by atoms with Gasteiger partial charge < -0.3 is 10.2 Å². The van der Waals surface area contributed by atoms with Crippen LogP contribution in [-0.2, 0) is 16.1 Å². The molecule has 0 radical (unpaired) electrons. The molecule has 1 heterocycles. The van der Waals surface area contributed by atoms with Crippen LogP contribution >= 0.6 is 15.9 Å². The predicted molar refractivity (Wildman–Crippen MR) is 76.9 cm³/mol. The smallest absolute Gasteiger partial charge is 0.246 e. The van der Waals surface area contributed by atoms with E-state index in [4.69, 9.17) is 0 Å². The van der Waals surface area contributed by atoms with Crippen LogP contribution in [0.3, 0.4) is 0 Å². The minimum Gasteiger partial charge on any atom is -0.353 e. The van der Waals surface area contributed by atoms with Crippen LogP contribution in [0, 0.1) is 0 Å². The van der Waals surface area contributed by atoms with Gasteiger partial charge in [0.25, 0.3) is 0 Å². The molecule has 0 bridgehead atoms. The highest BCUT2D eigenvalue weighted by molar-refractivity contribution is 9.10. The van der Waals surface area contributed by atoms with Crippen molar-refractivity contribution in [1.29, 1.82) is 0 Å². The van der Waals surface area contributed by atoms with E-state index in [1.54, 1.807) is 4.90 Å². The Bertz CT molecular complexity index is 489. The topological polar surface area (TPSA) is 61.4 Å². The summed E-state index contributed by atoms with van der Waals surface area (Å²) in [5, 5.41) is 5.55. The lowest BCUT2D eigenvalue weighted by atomic mass is 10.1. The van der Waals surface area contributed by atoms with E-state index < -0.39 is 0 Å². The van der Waals surface area contributed by atoms with Gasteiger partial charge in [0.2, 0.25) is 11.8 Å². The van der Waals surface area contributed by atoms with Gasteiger partial charge in [-0.25, -0.2) is 0 Å². The van der Waals surface area contributed by atoms with Crippen molar-refractivity contribution >= 4 is 33.4 Å². The molecule has 2 rings (SSSR count). The van der Waals surface area contributed by atoms with Gasteiger partial charge in [-0.15, -0.1) is 0 Å². The number of nitrogens with one attached hydrogen (secondary N) is 2. The Morgan fingerprint density at radius 2 is 2.00 bits per heavy atom. The average molecular weight is 326 g/mol. The highest BCUT2D eigenvalue weighted by Gasteiger charge is 2.22. The van der Waals surface area contributed by atoms with Crippen molar-refractivity contribution in [3.63, 3.8) is 0 Å². The summed E-state index contributed by atoms with van der Waals surface area (Å²) in [5.41, 5.74) is 2.02. The Balaban J connectivity index is 2.14. The zero-order chi connectivity index (χ0) is 13.8. The zero-order valence-electron chi connectivity index (χ0n) is 10.7. The summed E-state index contributed by atoms with van der Waals surface area (Å²) < 4.78 is 0.976. The van der Waals surface area contributed by atoms with Crippen LogP contribution in [0.1, 0.15) is 12.5 Å². The van der Waals surface area contributed by atoms with E-state index in [1.165, 1.54) is 0 Å². The molecule has 0 aromatic heterocycles. The number of nitrogens with zero attached hydrogens (tertiary/aromatic N) is 1. The van der Waals surface area contributed by atoms with Gasteiger partial charge in [-0.3, -0.25) is 14.9 Å². The predicted octanol–water partition coefficient (Wildman–Crippen LogP) is 1.02. The van der Waals surface area contributed by atoms with Crippen LogP contribution in [0.2, 0.25) is 0 Å². The third kappa shape index (κ3) is 3.54. The third-order valence-corrected chi connectivity index (χ3v) is 3.65. The van der Waals surface area contributed by atoms with Crippen molar-refractivity contribution in [1.82, 2.24) is 10.6 Å². The van der Waals surface area contributed by atoms with Gasteiger partial charge in [-0.1, -0.05) is 28.9 Å². The monoisotopic (exact) mass is 325 g/mol. The summed E-state index contributed by atoms with van der Waals surface area (Å²) in [6.07, 6.45) is 0. The van der Waals surface area contributed by atoms with Crippen molar-refractivity contribution in [2.24, 2.45) is 0 Å². The molecular weight excluding hydrogens is 310 g/mol. The first-order chi connectivity index (χ1) is 9.10. The Hall–Kier alpha value is -1.40. The summed E-state index contributed by atoms with van der Waals surface area (Å²) in [4.78, 5) is 24.5. The van der Waals surface area contributed by atoms with Crippen LogP contribution in [-0.4, -0.2) is 31.4 Å². The lowest BCUT2D eigenvalue weighted by molar-refractivity contribution is -0.130. The van der Waals surface area contributed by atoms with Crippen molar-refractivity contribution in [3.05, 3.63) is 28.2 Å². The van der Waals surface area contributed by atoms with E-state index in [0.717, 1.165) is 28.8 Å². The molecule has 5 nitrogen and oxygen atoms in total. The van der Waals surface area contributed by atoms with Gasteiger partial charge >= 0.3 is 0 Å². The fourth-order valence-electron chi connectivity index (χ4n) is 1.96. The zero-order valence-corrected chi connectivity index (χ0v) is 12.3. The number of rotatable bonds is 4. The highest BCUT2D eigenvalue weighted by atomic mass is 79.9. The molecule has 0 atom stereocenters. The molecule has 0 saturated carbocycles. The molecule has 2 amide bonds. The molecule has 0 spiro atoms. The van der Waals surface area contributed by atoms with E-state index in [1.807, 2.05) is 18.2 Å². The molecule has 0 aliphatic carbocycles. The lowest BCUT2D eigenvalue weighted by Gasteiger charge is -2.27. The fourth-order valence-corrected chi connectivity index (χ4v) is 2.46. The maximum absolute atomic E-state index is 11.4. The van der Waals surface area contributed by atoms with E-state index in [0.29, 0.717) is 0 Å². The second kappa shape index (κ2) is 6.16. The number of imide groups is 1. The maximum atomic E-state index is 11.4. The van der Waals surface area contributed by atoms with Crippen LogP contribution in [0.4, 0.5) is 5.69 Å². The number of halogens is 1. The second-order valence-electron chi connectivity index (χ2n) is 4.38. The van der Waals surface area contributed by atoms with Crippen LogP contribution < -0.4 is 15.5 Å². The minimum absolute atomic E-state index is 0.213. The molecule has 1 aliphatic heterocycles. The molecule has 0 unspecified atom stereocenters.